The van der Waals surface area contributed by atoms with Gasteiger partial charge in [-0.05, 0) is 25.0 Å². The van der Waals surface area contributed by atoms with E-state index in [1.165, 1.54) is 38.5 Å². The third-order valence-electron chi connectivity index (χ3n) is 3.63. The standard InChI is InChI=1S/C16H23N3O/c1-2-11-17-16(20)15-10-9-14(12-18-15)19-13-7-5-3-4-6-8-13/h2,9-10,12-13,19H,1,3-8,11H2,(H,17,20). The van der Waals surface area contributed by atoms with E-state index in [9.17, 15) is 4.79 Å². The van der Waals surface area contributed by atoms with Gasteiger partial charge < -0.3 is 10.6 Å². The van der Waals surface area contributed by atoms with E-state index in [-0.39, 0.29) is 5.91 Å². The number of pyridine rings is 1. The molecule has 1 amide bonds. The number of carbonyl (C=O) groups is 1. The Labute approximate surface area is 120 Å². The second-order valence-corrected chi connectivity index (χ2v) is 5.26. The molecule has 4 heteroatoms. The van der Waals surface area contributed by atoms with Crippen LogP contribution in [0.25, 0.3) is 0 Å². The third kappa shape index (κ3) is 4.37. The average molecular weight is 273 g/mol. The van der Waals surface area contributed by atoms with E-state index >= 15 is 0 Å². The molecule has 1 aromatic rings. The summed E-state index contributed by atoms with van der Waals surface area (Å²) in [5, 5.41) is 6.24. The third-order valence-corrected chi connectivity index (χ3v) is 3.63. The molecule has 0 atom stereocenters. The van der Waals surface area contributed by atoms with Crippen LogP contribution in [0.5, 0.6) is 0 Å². The number of hydrogen-bond donors (Lipinski definition) is 2. The minimum Gasteiger partial charge on any atom is -0.381 e. The van der Waals surface area contributed by atoms with Gasteiger partial charge in [-0.1, -0.05) is 31.8 Å². The van der Waals surface area contributed by atoms with Crippen molar-refractivity contribution in [2.45, 2.75) is 44.6 Å². The van der Waals surface area contributed by atoms with Gasteiger partial charge in [0.1, 0.15) is 5.69 Å². The maximum atomic E-state index is 11.7. The van der Waals surface area contributed by atoms with Crippen molar-refractivity contribution in [2.24, 2.45) is 0 Å². The Hall–Kier alpha value is -1.84. The van der Waals surface area contributed by atoms with Gasteiger partial charge in [-0.2, -0.15) is 0 Å². The largest absolute Gasteiger partial charge is 0.381 e. The molecule has 4 nitrogen and oxygen atoms in total. The molecule has 0 saturated heterocycles. The van der Waals surface area contributed by atoms with Crippen LogP contribution in [-0.4, -0.2) is 23.5 Å². The Bertz CT molecular complexity index is 434. The van der Waals surface area contributed by atoms with Crippen LogP contribution in [0.15, 0.2) is 31.0 Å². The SMILES string of the molecule is C=CCNC(=O)c1ccc(NC2CCCCCC2)cn1. The summed E-state index contributed by atoms with van der Waals surface area (Å²) in [7, 11) is 0. The lowest BCUT2D eigenvalue weighted by molar-refractivity contribution is 0.0953. The lowest BCUT2D eigenvalue weighted by Crippen LogP contribution is -2.24. The Morgan fingerprint density at radius 2 is 2.05 bits per heavy atom. The molecule has 1 heterocycles. The van der Waals surface area contributed by atoms with Gasteiger partial charge >= 0.3 is 0 Å². The summed E-state index contributed by atoms with van der Waals surface area (Å²) in [5.74, 6) is -0.161. The van der Waals surface area contributed by atoms with Gasteiger partial charge in [0.15, 0.2) is 0 Å². The van der Waals surface area contributed by atoms with E-state index in [1.807, 2.05) is 6.07 Å². The number of carbonyl (C=O) groups excluding carboxylic acids is 1. The molecule has 0 bridgehead atoms. The first-order valence-corrected chi connectivity index (χ1v) is 7.41. The van der Waals surface area contributed by atoms with Gasteiger partial charge in [0.05, 0.1) is 11.9 Å². The summed E-state index contributed by atoms with van der Waals surface area (Å²) in [4.78, 5) is 15.9. The molecule has 108 valence electrons. The van der Waals surface area contributed by atoms with Crippen LogP contribution in [-0.2, 0) is 0 Å². The van der Waals surface area contributed by atoms with Gasteiger partial charge in [0, 0.05) is 12.6 Å². The summed E-state index contributed by atoms with van der Waals surface area (Å²) in [5.41, 5.74) is 1.44. The highest BCUT2D eigenvalue weighted by Crippen LogP contribution is 2.20. The first kappa shape index (κ1) is 14.6. The number of hydrogen-bond acceptors (Lipinski definition) is 3. The van der Waals surface area contributed by atoms with Crippen LogP contribution in [0.4, 0.5) is 5.69 Å². The minimum absolute atomic E-state index is 0.161. The fourth-order valence-corrected chi connectivity index (χ4v) is 2.53. The van der Waals surface area contributed by atoms with E-state index in [1.54, 1.807) is 18.3 Å². The number of nitrogens with zero attached hydrogens (tertiary/aromatic N) is 1. The summed E-state index contributed by atoms with van der Waals surface area (Å²) >= 11 is 0. The monoisotopic (exact) mass is 273 g/mol. The van der Waals surface area contributed by atoms with Crippen LogP contribution in [0.2, 0.25) is 0 Å². The zero-order valence-electron chi connectivity index (χ0n) is 11.9. The van der Waals surface area contributed by atoms with Crippen molar-refractivity contribution in [2.75, 3.05) is 11.9 Å². The Morgan fingerprint density at radius 1 is 1.30 bits per heavy atom. The summed E-state index contributed by atoms with van der Waals surface area (Å²) in [6.45, 7) is 4.03. The van der Waals surface area contributed by atoms with E-state index in [4.69, 9.17) is 0 Å². The van der Waals surface area contributed by atoms with Crippen molar-refractivity contribution in [3.8, 4) is 0 Å². The predicted molar refractivity (Wildman–Crippen MR) is 81.9 cm³/mol. The van der Waals surface area contributed by atoms with Crippen LogP contribution in [0, 0.1) is 0 Å². The first-order chi connectivity index (χ1) is 9.79. The first-order valence-electron chi connectivity index (χ1n) is 7.41. The van der Waals surface area contributed by atoms with Gasteiger partial charge in [-0.25, -0.2) is 4.98 Å². The lowest BCUT2D eigenvalue weighted by Gasteiger charge is -2.17. The Kier molecular flexibility index (Phi) is 5.59. The minimum atomic E-state index is -0.161. The van der Waals surface area contributed by atoms with Crippen molar-refractivity contribution >= 4 is 11.6 Å². The molecule has 20 heavy (non-hydrogen) atoms. The highest BCUT2D eigenvalue weighted by Gasteiger charge is 2.12. The quantitative estimate of drug-likeness (QED) is 0.640. The zero-order chi connectivity index (χ0) is 14.2. The predicted octanol–water partition coefficient (Wildman–Crippen LogP) is 3.13. The smallest absolute Gasteiger partial charge is 0.270 e. The highest BCUT2D eigenvalue weighted by atomic mass is 16.1. The molecule has 0 unspecified atom stereocenters. The summed E-state index contributed by atoms with van der Waals surface area (Å²) < 4.78 is 0. The molecule has 1 saturated carbocycles. The Balaban J connectivity index is 1.90. The second kappa shape index (κ2) is 7.68. The number of aromatic nitrogens is 1. The van der Waals surface area contributed by atoms with Crippen LogP contribution in [0.1, 0.15) is 49.0 Å². The molecule has 1 aromatic heterocycles. The van der Waals surface area contributed by atoms with E-state index in [0.29, 0.717) is 18.3 Å². The Morgan fingerprint density at radius 3 is 2.65 bits per heavy atom. The maximum Gasteiger partial charge on any atom is 0.270 e. The highest BCUT2D eigenvalue weighted by molar-refractivity contribution is 5.92. The van der Waals surface area contributed by atoms with Gasteiger partial charge in [-0.3, -0.25) is 4.79 Å². The second-order valence-electron chi connectivity index (χ2n) is 5.26. The van der Waals surface area contributed by atoms with Crippen molar-refractivity contribution in [3.05, 3.63) is 36.7 Å². The molecule has 0 aromatic carbocycles. The zero-order valence-corrected chi connectivity index (χ0v) is 11.9. The van der Waals surface area contributed by atoms with Crippen molar-refractivity contribution in [1.82, 2.24) is 10.3 Å². The molecule has 1 fully saturated rings. The van der Waals surface area contributed by atoms with Crippen LogP contribution in [0.3, 0.4) is 0 Å². The van der Waals surface area contributed by atoms with Crippen molar-refractivity contribution < 1.29 is 4.79 Å². The number of anilines is 1. The number of rotatable bonds is 5. The maximum absolute atomic E-state index is 11.7. The molecular weight excluding hydrogens is 250 g/mol. The van der Waals surface area contributed by atoms with Crippen LogP contribution >= 0.6 is 0 Å². The number of amides is 1. The molecule has 0 aliphatic heterocycles. The molecule has 1 aliphatic carbocycles. The fraction of sp³-hybridized carbons (Fsp3) is 0.500. The van der Waals surface area contributed by atoms with E-state index in [2.05, 4.69) is 22.2 Å². The molecule has 0 spiro atoms. The average Bonchev–Trinajstić information content (AvgIpc) is 2.74. The topological polar surface area (TPSA) is 54.0 Å². The normalized spacial score (nSPS) is 16.2. The molecule has 2 rings (SSSR count). The summed E-state index contributed by atoms with van der Waals surface area (Å²) in [6, 6.07) is 4.23. The van der Waals surface area contributed by atoms with Gasteiger partial charge in [0.25, 0.3) is 5.91 Å². The van der Waals surface area contributed by atoms with E-state index in [0.717, 1.165) is 5.69 Å². The molecule has 2 N–H and O–H groups in total. The number of nitrogens with one attached hydrogen (secondary N) is 2. The van der Waals surface area contributed by atoms with Crippen molar-refractivity contribution in [1.29, 1.82) is 0 Å². The van der Waals surface area contributed by atoms with E-state index < -0.39 is 0 Å². The lowest BCUT2D eigenvalue weighted by atomic mass is 10.1. The fourth-order valence-electron chi connectivity index (χ4n) is 2.53. The molecule has 0 radical (unpaired) electrons. The summed E-state index contributed by atoms with van der Waals surface area (Å²) in [6.07, 6.45) is 11.1. The van der Waals surface area contributed by atoms with Crippen LogP contribution < -0.4 is 10.6 Å². The van der Waals surface area contributed by atoms with Crippen molar-refractivity contribution in [3.63, 3.8) is 0 Å². The molecular formula is C16H23N3O. The van der Waals surface area contributed by atoms with Gasteiger partial charge in [-0.15, -0.1) is 6.58 Å². The molecule has 1 aliphatic rings. The van der Waals surface area contributed by atoms with Gasteiger partial charge in [0.2, 0.25) is 0 Å².